The minimum atomic E-state index is -0.746. The molecule has 4 aromatic carbocycles. The fourth-order valence-electron chi connectivity index (χ4n) is 4.09. The van der Waals surface area contributed by atoms with Crippen LogP contribution in [0.3, 0.4) is 0 Å². The van der Waals surface area contributed by atoms with Crippen LogP contribution in [0.5, 0.6) is 17.2 Å². The summed E-state index contributed by atoms with van der Waals surface area (Å²) in [7, 11) is 0. The van der Waals surface area contributed by atoms with E-state index in [1.54, 1.807) is 30.3 Å². The van der Waals surface area contributed by atoms with Crippen LogP contribution in [-0.4, -0.2) is 15.3 Å². The summed E-state index contributed by atoms with van der Waals surface area (Å²) < 4.78 is 0. The van der Waals surface area contributed by atoms with E-state index in [9.17, 15) is 15.3 Å². The number of para-hydroxylation sites is 3. The molecule has 0 bridgehead atoms. The van der Waals surface area contributed by atoms with Crippen LogP contribution >= 0.6 is 0 Å². The van der Waals surface area contributed by atoms with E-state index in [-0.39, 0.29) is 17.2 Å². The topological polar surface area (TPSA) is 60.7 Å². The maximum Gasteiger partial charge on any atom is 0.120 e. The first-order valence-electron chi connectivity index (χ1n) is 9.93. The van der Waals surface area contributed by atoms with Crippen molar-refractivity contribution >= 4 is 0 Å². The Morgan fingerprint density at radius 1 is 0.567 bits per heavy atom. The zero-order chi connectivity index (χ0) is 21.1. The summed E-state index contributed by atoms with van der Waals surface area (Å²) in [5.74, 6) is 0.651. The van der Waals surface area contributed by atoms with Crippen LogP contribution in [0.25, 0.3) is 0 Å². The Labute approximate surface area is 176 Å². The second-order valence-electron chi connectivity index (χ2n) is 7.66. The molecule has 0 aliphatic rings. The zero-order valence-electron chi connectivity index (χ0n) is 16.8. The Bertz CT molecular complexity index is 1120. The van der Waals surface area contributed by atoms with Gasteiger partial charge in [0.1, 0.15) is 17.2 Å². The number of phenolic OH excluding ortho intramolecular Hbond substituents is 3. The van der Waals surface area contributed by atoms with E-state index < -0.39 is 5.41 Å². The molecule has 0 aliphatic carbocycles. The first kappa shape index (κ1) is 19.6. The van der Waals surface area contributed by atoms with Gasteiger partial charge in [0, 0.05) is 23.0 Å². The fourth-order valence-corrected chi connectivity index (χ4v) is 4.09. The Hall–Kier alpha value is -3.72. The summed E-state index contributed by atoms with van der Waals surface area (Å²) in [6.07, 6.45) is 0.622. The molecule has 4 aromatic rings. The number of benzene rings is 4. The molecule has 0 amide bonds. The van der Waals surface area contributed by atoms with Crippen LogP contribution in [0, 0.1) is 0 Å². The first-order chi connectivity index (χ1) is 14.5. The molecule has 0 spiro atoms. The van der Waals surface area contributed by atoms with Gasteiger partial charge >= 0.3 is 0 Å². The summed E-state index contributed by atoms with van der Waals surface area (Å²) in [5.41, 5.74) is 3.59. The molecular weight excluding hydrogens is 372 g/mol. The molecule has 0 saturated heterocycles. The van der Waals surface area contributed by atoms with E-state index in [0.29, 0.717) is 6.42 Å². The summed E-state index contributed by atoms with van der Waals surface area (Å²) in [6.45, 7) is 2.01. The van der Waals surface area contributed by atoms with Crippen molar-refractivity contribution in [1.82, 2.24) is 0 Å². The van der Waals surface area contributed by atoms with Gasteiger partial charge in [-0.05, 0) is 41.8 Å². The number of hydrogen-bond donors (Lipinski definition) is 3. The van der Waals surface area contributed by atoms with Gasteiger partial charge in [-0.3, -0.25) is 0 Å². The predicted octanol–water partition coefficient (Wildman–Crippen LogP) is 5.75. The monoisotopic (exact) mass is 396 g/mol. The van der Waals surface area contributed by atoms with E-state index in [4.69, 9.17) is 0 Å². The third-order valence-corrected chi connectivity index (χ3v) is 5.80. The van der Waals surface area contributed by atoms with Crippen molar-refractivity contribution in [1.29, 1.82) is 0 Å². The molecule has 4 rings (SSSR count). The van der Waals surface area contributed by atoms with Gasteiger partial charge in [-0.1, -0.05) is 78.9 Å². The Morgan fingerprint density at radius 3 is 1.53 bits per heavy atom. The van der Waals surface area contributed by atoms with Crippen molar-refractivity contribution in [3.8, 4) is 17.2 Å². The third kappa shape index (κ3) is 3.50. The molecule has 0 aliphatic heterocycles. The van der Waals surface area contributed by atoms with Crippen molar-refractivity contribution in [2.75, 3.05) is 0 Å². The van der Waals surface area contributed by atoms with Gasteiger partial charge in [-0.15, -0.1) is 0 Å². The highest BCUT2D eigenvalue weighted by molar-refractivity contribution is 5.57. The summed E-state index contributed by atoms with van der Waals surface area (Å²) in [6, 6.07) is 29.9. The minimum Gasteiger partial charge on any atom is -0.508 e. The second kappa shape index (κ2) is 7.96. The number of phenols is 3. The zero-order valence-corrected chi connectivity index (χ0v) is 16.8. The van der Waals surface area contributed by atoms with E-state index in [1.807, 2.05) is 73.7 Å². The van der Waals surface area contributed by atoms with Crippen molar-refractivity contribution < 1.29 is 15.3 Å². The van der Waals surface area contributed by atoms with Gasteiger partial charge < -0.3 is 15.3 Å². The number of hydrogen-bond acceptors (Lipinski definition) is 3. The maximum atomic E-state index is 10.6. The molecule has 0 aromatic heterocycles. The highest BCUT2D eigenvalue weighted by Crippen LogP contribution is 2.45. The minimum absolute atomic E-state index is 0.182. The molecule has 3 heteroatoms. The average molecular weight is 396 g/mol. The lowest BCUT2D eigenvalue weighted by molar-refractivity contribution is 0.442. The van der Waals surface area contributed by atoms with Gasteiger partial charge in [0.25, 0.3) is 0 Å². The molecule has 0 radical (unpaired) electrons. The van der Waals surface area contributed by atoms with Crippen LogP contribution in [0.1, 0.15) is 34.7 Å². The van der Waals surface area contributed by atoms with Crippen LogP contribution in [0.2, 0.25) is 0 Å². The smallest absolute Gasteiger partial charge is 0.120 e. The summed E-state index contributed by atoms with van der Waals surface area (Å²) in [5, 5.41) is 31.3. The van der Waals surface area contributed by atoms with Crippen LogP contribution in [-0.2, 0) is 11.8 Å². The average Bonchev–Trinajstić information content (AvgIpc) is 2.76. The Morgan fingerprint density at radius 2 is 1.03 bits per heavy atom. The molecule has 3 nitrogen and oxygen atoms in total. The summed E-state index contributed by atoms with van der Waals surface area (Å²) in [4.78, 5) is 0. The Kier molecular flexibility index (Phi) is 5.20. The van der Waals surface area contributed by atoms with Crippen molar-refractivity contribution in [2.45, 2.75) is 18.8 Å². The van der Waals surface area contributed by atoms with E-state index >= 15 is 0 Å². The van der Waals surface area contributed by atoms with Gasteiger partial charge in [0.2, 0.25) is 0 Å². The van der Waals surface area contributed by atoms with E-state index in [2.05, 4.69) is 0 Å². The molecule has 150 valence electrons. The molecule has 0 fully saturated rings. The molecular formula is C27H24O3. The third-order valence-electron chi connectivity index (χ3n) is 5.80. The normalized spacial score (nSPS) is 11.4. The first-order valence-corrected chi connectivity index (χ1v) is 9.93. The van der Waals surface area contributed by atoms with Crippen molar-refractivity contribution in [2.24, 2.45) is 0 Å². The summed E-state index contributed by atoms with van der Waals surface area (Å²) >= 11 is 0. The lowest BCUT2D eigenvalue weighted by Crippen LogP contribution is -2.25. The van der Waals surface area contributed by atoms with Gasteiger partial charge in [-0.25, -0.2) is 0 Å². The van der Waals surface area contributed by atoms with Crippen molar-refractivity contribution in [3.05, 3.63) is 125 Å². The van der Waals surface area contributed by atoms with Crippen molar-refractivity contribution in [3.63, 3.8) is 0 Å². The predicted molar refractivity (Wildman–Crippen MR) is 119 cm³/mol. The Balaban J connectivity index is 1.80. The second-order valence-corrected chi connectivity index (χ2v) is 7.66. The number of aromatic hydroxyl groups is 3. The molecule has 30 heavy (non-hydrogen) atoms. The largest absolute Gasteiger partial charge is 0.508 e. The maximum absolute atomic E-state index is 10.6. The lowest BCUT2D eigenvalue weighted by atomic mass is 9.70. The van der Waals surface area contributed by atoms with Gasteiger partial charge in [-0.2, -0.15) is 0 Å². The van der Waals surface area contributed by atoms with E-state index in [0.717, 1.165) is 27.8 Å². The van der Waals surface area contributed by atoms with E-state index in [1.165, 1.54) is 0 Å². The molecule has 0 unspecified atom stereocenters. The molecule has 0 heterocycles. The highest BCUT2D eigenvalue weighted by Gasteiger charge is 2.35. The quantitative estimate of drug-likeness (QED) is 0.377. The molecule has 0 saturated carbocycles. The van der Waals surface area contributed by atoms with Crippen LogP contribution in [0.4, 0.5) is 0 Å². The van der Waals surface area contributed by atoms with Gasteiger partial charge in [0.15, 0.2) is 0 Å². The van der Waals surface area contributed by atoms with Gasteiger partial charge in [0.05, 0.1) is 0 Å². The van der Waals surface area contributed by atoms with Crippen LogP contribution < -0.4 is 0 Å². The highest BCUT2D eigenvalue weighted by atomic mass is 16.3. The van der Waals surface area contributed by atoms with Crippen LogP contribution in [0.15, 0.2) is 97.1 Å². The standard InChI is InChI=1S/C27H24O3/c1-27(22-9-3-6-12-25(22)29,23-10-4-7-13-26(23)30)21-16-14-19(15-17-21)18-20-8-2-5-11-24(20)28/h2-17,28-30H,18H2,1H3. The fraction of sp³-hybridized carbons (Fsp3) is 0.111. The molecule has 0 atom stereocenters. The SMILES string of the molecule is CC(c1ccc(Cc2ccccc2O)cc1)(c1ccccc1O)c1ccccc1O. The lowest BCUT2D eigenvalue weighted by Gasteiger charge is -2.33. The molecule has 3 N–H and O–H groups in total. The number of rotatable bonds is 5.